The molecule has 1 N–H and O–H groups in total. The van der Waals surface area contributed by atoms with Crippen LogP contribution in [0.25, 0.3) is 5.95 Å². The van der Waals surface area contributed by atoms with Gasteiger partial charge in [-0.2, -0.15) is 9.78 Å². The number of amides is 2. The van der Waals surface area contributed by atoms with Crippen molar-refractivity contribution in [3.63, 3.8) is 0 Å². The van der Waals surface area contributed by atoms with Crippen LogP contribution in [0.15, 0.2) is 48.8 Å². The molecule has 9 heteroatoms. The van der Waals surface area contributed by atoms with Crippen molar-refractivity contribution in [2.45, 2.75) is 32.6 Å². The molecular formula is C22H24N6O3. The number of ether oxygens (including phenoxy) is 1. The van der Waals surface area contributed by atoms with Gasteiger partial charge in [0.25, 0.3) is 11.9 Å². The number of hydrogen-bond acceptors (Lipinski definition) is 6. The molecule has 4 rings (SSSR count). The van der Waals surface area contributed by atoms with Gasteiger partial charge in [0, 0.05) is 36.8 Å². The largest absolute Gasteiger partial charge is 0.482 e. The van der Waals surface area contributed by atoms with Crippen molar-refractivity contribution < 1.29 is 14.3 Å². The zero-order valence-corrected chi connectivity index (χ0v) is 17.7. The number of aromatic nitrogens is 4. The fourth-order valence-electron chi connectivity index (χ4n) is 3.21. The highest BCUT2D eigenvalue weighted by Crippen LogP contribution is 2.31. The SMILES string of the molecule is CC(C)(C)c1cc(NC(=O)CCN2C(=O)COc3ccccc32)n(-c2ncccn2)n1. The number of carbonyl (C=O) groups excluding carboxylic acids is 2. The van der Waals surface area contributed by atoms with E-state index in [1.807, 2.05) is 45.0 Å². The zero-order valence-electron chi connectivity index (χ0n) is 17.7. The molecule has 0 bridgehead atoms. The highest BCUT2D eigenvalue weighted by Gasteiger charge is 2.26. The minimum absolute atomic E-state index is 0.0360. The molecule has 0 saturated carbocycles. The molecule has 3 heterocycles. The van der Waals surface area contributed by atoms with Gasteiger partial charge in [-0.15, -0.1) is 0 Å². The van der Waals surface area contributed by atoms with Crippen LogP contribution < -0.4 is 15.0 Å². The third kappa shape index (κ3) is 4.40. The summed E-state index contributed by atoms with van der Waals surface area (Å²) in [4.78, 5) is 35.1. The summed E-state index contributed by atoms with van der Waals surface area (Å²) < 4.78 is 6.97. The molecule has 1 aliphatic heterocycles. The lowest BCUT2D eigenvalue weighted by Gasteiger charge is -2.29. The van der Waals surface area contributed by atoms with E-state index in [4.69, 9.17) is 4.74 Å². The summed E-state index contributed by atoms with van der Waals surface area (Å²) in [5, 5.41) is 7.48. The third-order valence-electron chi connectivity index (χ3n) is 4.86. The summed E-state index contributed by atoms with van der Waals surface area (Å²) >= 11 is 0. The highest BCUT2D eigenvalue weighted by atomic mass is 16.5. The maximum Gasteiger partial charge on any atom is 0.265 e. The van der Waals surface area contributed by atoms with Gasteiger partial charge in [0.2, 0.25) is 5.91 Å². The number of fused-ring (bicyclic) bond motifs is 1. The minimum atomic E-state index is -0.241. The lowest BCUT2D eigenvalue weighted by Crippen LogP contribution is -2.40. The Labute approximate surface area is 180 Å². The van der Waals surface area contributed by atoms with Crippen LogP contribution in [0.5, 0.6) is 5.75 Å². The number of para-hydroxylation sites is 2. The van der Waals surface area contributed by atoms with Crippen LogP contribution in [0.4, 0.5) is 11.5 Å². The third-order valence-corrected chi connectivity index (χ3v) is 4.86. The fourth-order valence-corrected chi connectivity index (χ4v) is 3.21. The van der Waals surface area contributed by atoms with Crippen LogP contribution in [-0.2, 0) is 15.0 Å². The lowest BCUT2D eigenvalue weighted by atomic mass is 9.92. The molecule has 0 fully saturated rings. The first-order valence-corrected chi connectivity index (χ1v) is 10.0. The number of benzene rings is 1. The number of nitrogens with one attached hydrogen (secondary N) is 1. The summed E-state index contributed by atoms with van der Waals surface area (Å²) in [5.41, 5.74) is 1.25. The Hall–Kier alpha value is -3.75. The molecule has 2 aromatic heterocycles. The second-order valence-corrected chi connectivity index (χ2v) is 8.23. The maximum absolute atomic E-state index is 12.8. The average Bonchev–Trinajstić information content (AvgIpc) is 3.18. The van der Waals surface area contributed by atoms with E-state index in [2.05, 4.69) is 20.4 Å². The number of nitrogens with zero attached hydrogens (tertiary/aromatic N) is 5. The van der Waals surface area contributed by atoms with Crippen LogP contribution in [0.3, 0.4) is 0 Å². The fraction of sp³-hybridized carbons (Fsp3) is 0.318. The molecule has 31 heavy (non-hydrogen) atoms. The van der Waals surface area contributed by atoms with E-state index >= 15 is 0 Å². The standard InChI is InChI=1S/C22H24N6O3/c1-22(2,3)17-13-18(28(26-17)21-23-10-6-11-24-21)25-19(29)9-12-27-15-7-4-5-8-16(15)31-14-20(27)30/h4-8,10-11,13H,9,12,14H2,1-3H3,(H,25,29). The Bertz CT molecular complexity index is 1100. The van der Waals surface area contributed by atoms with Gasteiger partial charge in [0.15, 0.2) is 6.61 Å². The van der Waals surface area contributed by atoms with Crippen molar-refractivity contribution in [2.75, 3.05) is 23.4 Å². The van der Waals surface area contributed by atoms with Crippen LogP contribution in [0.2, 0.25) is 0 Å². The number of anilines is 2. The van der Waals surface area contributed by atoms with Gasteiger partial charge in [0.1, 0.15) is 11.6 Å². The first-order chi connectivity index (χ1) is 14.8. The van der Waals surface area contributed by atoms with E-state index in [0.717, 1.165) is 5.69 Å². The smallest absolute Gasteiger partial charge is 0.265 e. The number of hydrogen-bond donors (Lipinski definition) is 1. The second kappa shape index (κ2) is 8.17. The van der Waals surface area contributed by atoms with Crippen molar-refractivity contribution in [3.8, 4) is 11.7 Å². The summed E-state index contributed by atoms with van der Waals surface area (Å²) in [5.74, 6) is 1.07. The molecule has 0 saturated heterocycles. The van der Waals surface area contributed by atoms with Crippen LogP contribution in [0.1, 0.15) is 32.9 Å². The van der Waals surface area contributed by atoms with Crippen LogP contribution in [-0.4, -0.2) is 44.7 Å². The van der Waals surface area contributed by atoms with E-state index in [0.29, 0.717) is 23.2 Å². The average molecular weight is 420 g/mol. The summed E-state index contributed by atoms with van der Waals surface area (Å²) in [6.07, 6.45) is 3.35. The molecule has 1 aliphatic rings. The Morgan fingerprint density at radius 1 is 1.16 bits per heavy atom. The first kappa shape index (κ1) is 20.5. The van der Waals surface area contributed by atoms with Gasteiger partial charge in [-0.05, 0) is 18.2 Å². The van der Waals surface area contributed by atoms with Crippen molar-refractivity contribution in [1.82, 2.24) is 19.7 Å². The minimum Gasteiger partial charge on any atom is -0.482 e. The predicted molar refractivity (Wildman–Crippen MR) is 115 cm³/mol. The van der Waals surface area contributed by atoms with E-state index in [1.54, 1.807) is 29.4 Å². The first-order valence-electron chi connectivity index (χ1n) is 10.0. The van der Waals surface area contributed by atoms with Gasteiger partial charge in [-0.3, -0.25) is 9.59 Å². The maximum atomic E-state index is 12.8. The summed E-state index contributed by atoms with van der Waals surface area (Å²) in [6, 6.07) is 10.8. The summed E-state index contributed by atoms with van der Waals surface area (Å²) in [7, 11) is 0. The zero-order chi connectivity index (χ0) is 22.0. The van der Waals surface area contributed by atoms with E-state index < -0.39 is 0 Å². The van der Waals surface area contributed by atoms with Crippen molar-refractivity contribution in [2.24, 2.45) is 0 Å². The normalized spacial score (nSPS) is 13.5. The molecule has 0 atom stereocenters. The molecule has 3 aromatic rings. The Balaban J connectivity index is 1.51. The van der Waals surface area contributed by atoms with Gasteiger partial charge >= 0.3 is 0 Å². The van der Waals surface area contributed by atoms with Gasteiger partial charge in [0.05, 0.1) is 11.4 Å². The molecule has 2 amide bonds. The molecule has 9 nitrogen and oxygen atoms in total. The number of rotatable bonds is 5. The van der Waals surface area contributed by atoms with E-state index in [-0.39, 0.29) is 36.8 Å². The monoisotopic (exact) mass is 420 g/mol. The second-order valence-electron chi connectivity index (χ2n) is 8.23. The quantitative estimate of drug-likeness (QED) is 0.681. The molecule has 160 valence electrons. The highest BCUT2D eigenvalue weighted by molar-refractivity contribution is 5.99. The molecule has 0 spiro atoms. The topological polar surface area (TPSA) is 102 Å². The van der Waals surface area contributed by atoms with Gasteiger partial charge in [-0.25, -0.2) is 9.97 Å². The van der Waals surface area contributed by atoms with Crippen LogP contribution in [0, 0.1) is 0 Å². The van der Waals surface area contributed by atoms with Crippen molar-refractivity contribution in [1.29, 1.82) is 0 Å². The molecule has 0 aliphatic carbocycles. The number of carbonyl (C=O) groups is 2. The predicted octanol–water partition coefficient (Wildman–Crippen LogP) is 2.71. The van der Waals surface area contributed by atoms with Gasteiger partial charge in [-0.1, -0.05) is 32.9 Å². The molecule has 0 unspecified atom stereocenters. The Morgan fingerprint density at radius 3 is 2.65 bits per heavy atom. The van der Waals surface area contributed by atoms with Crippen LogP contribution >= 0.6 is 0 Å². The summed E-state index contributed by atoms with van der Waals surface area (Å²) in [6.45, 7) is 6.33. The lowest BCUT2D eigenvalue weighted by molar-refractivity contribution is -0.121. The van der Waals surface area contributed by atoms with E-state index in [1.165, 1.54) is 4.68 Å². The Morgan fingerprint density at radius 2 is 1.90 bits per heavy atom. The van der Waals surface area contributed by atoms with Crippen molar-refractivity contribution in [3.05, 3.63) is 54.5 Å². The molecule has 1 aromatic carbocycles. The van der Waals surface area contributed by atoms with Crippen molar-refractivity contribution >= 4 is 23.3 Å². The molecular weight excluding hydrogens is 396 g/mol. The van der Waals surface area contributed by atoms with Gasteiger partial charge < -0.3 is 15.0 Å². The molecule has 0 radical (unpaired) electrons. The van der Waals surface area contributed by atoms with E-state index in [9.17, 15) is 9.59 Å². The Kier molecular flexibility index (Phi) is 5.41.